The second-order valence-corrected chi connectivity index (χ2v) is 8.73. The fraction of sp³-hybridized carbons (Fsp3) is 0.667. The first-order chi connectivity index (χ1) is 10.9. The minimum atomic E-state index is -3.28. The third-order valence-corrected chi connectivity index (χ3v) is 4.39. The van der Waals surface area contributed by atoms with E-state index in [0.717, 1.165) is 18.5 Å². The van der Waals surface area contributed by atoms with E-state index in [1.165, 1.54) is 0 Å². The molecule has 0 atom stereocenters. The fourth-order valence-electron chi connectivity index (χ4n) is 2.32. The van der Waals surface area contributed by atoms with Gasteiger partial charge >= 0.3 is 0 Å². The monoisotopic (exact) mass is 505 g/mol. The molecule has 1 rings (SSSR count). The van der Waals surface area contributed by atoms with Crippen LogP contribution in [0.1, 0.15) is 26.5 Å². The van der Waals surface area contributed by atoms with Crippen LogP contribution in [0.15, 0.2) is 17.3 Å². The molecule has 0 aliphatic heterocycles. The summed E-state index contributed by atoms with van der Waals surface area (Å²) in [6, 6.07) is 1.91. The number of sulfonamides is 1. The molecule has 2 N–H and O–H groups in total. The molecule has 0 aromatic carbocycles. The van der Waals surface area contributed by atoms with Crippen LogP contribution >= 0.6 is 35.6 Å². The van der Waals surface area contributed by atoms with Crippen LogP contribution in [0.5, 0.6) is 0 Å². The van der Waals surface area contributed by atoms with Gasteiger partial charge in [0.15, 0.2) is 5.96 Å². The zero-order valence-corrected chi connectivity index (χ0v) is 19.5. The largest absolute Gasteiger partial charge is 0.357 e. The molecule has 1 heterocycles. The molecule has 0 fully saturated rings. The smallest absolute Gasteiger partial charge is 0.209 e. The molecule has 146 valence electrons. The minimum absolute atomic E-state index is 0. The summed E-state index contributed by atoms with van der Waals surface area (Å²) in [4.78, 5) is 6.54. The standard InChI is InChI=1S/C15H28ClN5O2S.HI/c1-7-17-14(18-11-15(2,3)19-24(6,22)23)21(5)10-13-8-12(16)9-20(13)4;/h8-9,19H,7,10-11H2,1-6H3,(H,17,18);1H. The molecule has 0 radical (unpaired) electrons. The van der Waals surface area contributed by atoms with E-state index in [-0.39, 0.29) is 24.0 Å². The first-order valence-corrected chi connectivity index (χ1v) is 9.99. The molecule has 0 unspecified atom stereocenters. The van der Waals surface area contributed by atoms with Crippen molar-refractivity contribution < 1.29 is 8.42 Å². The van der Waals surface area contributed by atoms with Gasteiger partial charge in [-0.15, -0.1) is 24.0 Å². The highest BCUT2D eigenvalue weighted by Gasteiger charge is 2.22. The maximum absolute atomic E-state index is 11.4. The van der Waals surface area contributed by atoms with E-state index in [2.05, 4.69) is 15.0 Å². The average Bonchev–Trinajstić information content (AvgIpc) is 2.69. The SMILES string of the molecule is CCNC(=NCC(C)(C)NS(C)(=O)=O)N(C)Cc1cc(Cl)cn1C.I. The second-order valence-electron chi connectivity index (χ2n) is 6.54. The molecule has 0 saturated heterocycles. The predicted molar refractivity (Wildman–Crippen MR) is 115 cm³/mol. The van der Waals surface area contributed by atoms with Crippen molar-refractivity contribution in [1.82, 2.24) is 19.5 Å². The summed E-state index contributed by atoms with van der Waals surface area (Å²) in [5, 5.41) is 3.92. The normalized spacial score (nSPS) is 12.7. The summed E-state index contributed by atoms with van der Waals surface area (Å²) in [5.74, 6) is 0.707. The van der Waals surface area contributed by atoms with Crippen molar-refractivity contribution in [2.75, 3.05) is 26.4 Å². The molecule has 0 bridgehead atoms. The van der Waals surface area contributed by atoms with E-state index >= 15 is 0 Å². The Morgan fingerprint density at radius 1 is 1.44 bits per heavy atom. The predicted octanol–water partition coefficient (Wildman–Crippen LogP) is 2.02. The highest BCUT2D eigenvalue weighted by molar-refractivity contribution is 14.0. The van der Waals surface area contributed by atoms with Crippen LogP contribution in [0.4, 0.5) is 0 Å². The molecular weight excluding hydrogens is 477 g/mol. The van der Waals surface area contributed by atoms with Crippen LogP contribution in [-0.4, -0.2) is 55.8 Å². The lowest BCUT2D eigenvalue weighted by atomic mass is 10.1. The van der Waals surface area contributed by atoms with Crippen LogP contribution in [0.25, 0.3) is 0 Å². The Morgan fingerprint density at radius 2 is 2.04 bits per heavy atom. The van der Waals surface area contributed by atoms with Crippen molar-refractivity contribution in [2.45, 2.75) is 32.9 Å². The van der Waals surface area contributed by atoms with Gasteiger partial charge in [-0.25, -0.2) is 13.1 Å². The van der Waals surface area contributed by atoms with Crippen LogP contribution in [0.3, 0.4) is 0 Å². The number of aliphatic imine (C=N–C) groups is 1. The lowest BCUT2D eigenvalue weighted by molar-refractivity contribution is 0.440. The Hall–Kier alpha value is -0.520. The van der Waals surface area contributed by atoms with Crippen molar-refractivity contribution in [3.63, 3.8) is 0 Å². The average molecular weight is 506 g/mol. The molecule has 0 aliphatic carbocycles. The first kappa shape index (κ1) is 24.5. The summed E-state index contributed by atoms with van der Waals surface area (Å²) in [6.07, 6.45) is 3.00. The zero-order valence-electron chi connectivity index (χ0n) is 15.6. The number of nitrogens with zero attached hydrogens (tertiary/aromatic N) is 3. The number of nitrogens with one attached hydrogen (secondary N) is 2. The van der Waals surface area contributed by atoms with Crippen LogP contribution in [-0.2, 0) is 23.6 Å². The van der Waals surface area contributed by atoms with E-state index in [0.29, 0.717) is 24.1 Å². The van der Waals surface area contributed by atoms with Gasteiger partial charge < -0.3 is 14.8 Å². The molecule has 0 spiro atoms. The maximum atomic E-state index is 11.4. The van der Waals surface area contributed by atoms with Crippen LogP contribution in [0, 0.1) is 0 Å². The van der Waals surface area contributed by atoms with Crippen LogP contribution < -0.4 is 10.0 Å². The number of rotatable bonds is 7. The van der Waals surface area contributed by atoms with Crippen molar-refractivity contribution in [1.29, 1.82) is 0 Å². The summed E-state index contributed by atoms with van der Waals surface area (Å²) < 4.78 is 27.4. The Morgan fingerprint density at radius 3 is 2.48 bits per heavy atom. The van der Waals surface area contributed by atoms with E-state index in [1.54, 1.807) is 13.8 Å². The van der Waals surface area contributed by atoms with Crippen LogP contribution in [0.2, 0.25) is 5.02 Å². The molecule has 25 heavy (non-hydrogen) atoms. The molecular formula is C15H29ClIN5O2S. The number of halogens is 2. The lowest BCUT2D eigenvalue weighted by Gasteiger charge is -2.26. The van der Waals surface area contributed by atoms with Gasteiger partial charge in [-0.1, -0.05) is 11.6 Å². The van der Waals surface area contributed by atoms with Gasteiger partial charge in [0.2, 0.25) is 10.0 Å². The Balaban J connectivity index is 0.00000576. The Bertz CT molecular complexity index is 688. The molecule has 0 amide bonds. The van der Waals surface area contributed by atoms with E-state index in [9.17, 15) is 8.42 Å². The molecule has 1 aromatic rings. The highest BCUT2D eigenvalue weighted by Crippen LogP contribution is 2.14. The quantitative estimate of drug-likeness (QED) is 0.338. The van der Waals surface area contributed by atoms with Gasteiger partial charge in [-0.05, 0) is 26.8 Å². The summed E-state index contributed by atoms with van der Waals surface area (Å²) in [7, 11) is 0.588. The molecule has 10 heteroatoms. The number of guanidine groups is 1. The van der Waals surface area contributed by atoms with Crippen molar-refractivity contribution in [3.8, 4) is 0 Å². The maximum Gasteiger partial charge on any atom is 0.209 e. The van der Waals surface area contributed by atoms with Gasteiger partial charge in [-0.3, -0.25) is 4.99 Å². The number of aryl methyl sites for hydroxylation is 1. The summed E-state index contributed by atoms with van der Waals surface area (Å²) in [5.41, 5.74) is 0.394. The Labute approximate surface area is 173 Å². The third-order valence-electron chi connectivity index (χ3n) is 3.26. The molecule has 0 aliphatic rings. The van der Waals surface area contributed by atoms with Gasteiger partial charge in [0.05, 0.1) is 24.4 Å². The van der Waals surface area contributed by atoms with Gasteiger partial charge in [0.25, 0.3) is 0 Å². The fourth-order valence-corrected chi connectivity index (χ4v) is 3.66. The van der Waals surface area contributed by atoms with E-state index in [1.807, 2.05) is 42.7 Å². The Kier molecular flexibility index (Phi) is 9.77. The zero-order chi connectivity index (χ0) is 18.5. The molecule has 0 saturated carbocycles. The minimum Gasteiger partial charge on any atom is -0.357 e. The van der Waals surface area contributed by atoms with Crippen molar-refractivity contribution in [3.05, 3.63) is 23.0 Å². The highest BCUT2D eigenvalue weighted by atomic mass is 127. The van der Waals surface area contributed by atoms with Gasteiger partial charge in [0, 0.05) is 38.1 Å². The summed E-state index contributed by atoms with van der Waals surface area (Å²) in [6.45, 7) is 7.27. The molecule has 7 nitrogen and oxygen atoms in total. The number of hydrogen-bond acceptors (Lipinski definition) is 3. The van der Waals surface area contributed by atoms with E-state index < -0.39 is 15.6 Å². The van der Waals surface area contributed by atoms with Crippen molar-refractivity contribution >= 4 is 51.6 Å². The summed E-state index contributed by atoms with van der Waals surface area (Å²) >= 11 is 6.02. The lowest BCUT2D eigenvalue weighted by Crippen LogP contribution is -2.47. The number of hydrogen-bond donors (Lipinski definition) is 2. The van der Waals surface area contributed by atoms with Gasteiger partial charge in [0.1, 0.15) is 0 Å². The topological polar surface area (TPSA) is 78.7 Å². The van der Waals surface area contributed by atoms with Gasteiger partial charge in [-0.2, -0.15) is 0 Å². The molecule has 1 aromatic heterocycles. The third kappa shape index (κ3) is 9.11. The second kappa shape index (κ2) is 9.98. The van der Waals surface area contributed by atoms with E-state index in [4.69, 9.17) is 11.6 Å². The number of aromatic nitrogens is 1. The van der Waals surface area contributed by atoms with Crippen molar-refractivity contribution in [2.24, 2.45) is 12.0 Å². The first-order valence-electron chi connectivity index (χ1n) is 7.72.